The Labute approximate surface area is 247 Å². The van der Waals surface area contributed by atoms with Crippen molar-refractivity contribution in [3.8, 4) is 0 Å². The van der Waals surface area contributed by atoms with Crippen LogP contribution in [0.2, 0.25) is 0 Å². The fourth-order valence-electron chi connectivity index (χ4n) is 6.24. The molecular weight excluding hydrogens is 560 g/mol. The third kappa shape index (κ3) is 7.44. The molecule has 0 spiro atoms. The first-order valence-corrected chi connectivity index (χ1v) is 14.6. The number of aliphatic hydroxyl groups is 2. The van der Waals surface area contributed by atoms with Gasteiger partial charge < -0.3 is 62.3 Å². The van der Waals surface area contributed by atoms with E-state index in [1.54, 1.807) is 28.1 Å². The molecule has 0 aromatic rings. The number of hydrogen-bond donors (Lipinski definition) is 2. The standard InChI is InChI=1S/C28H48O14/c1-12-22(30)27(35-8)23(31)28(39-12)42-26-15(4)38-21(11-18(26)34-7)41-25-14(3)37-20(10-17(25)33-6)40-24-13(2)36-19(29)9-16(24)32-5/h12-18,20-28,30-31H,9-11H2,1-8H3/t12-,13+,14-,15-,16+,17+,18+,20+,21+,22+,23-,24+,25-,26-,27+,28+/m1/s1. The number of carbonyl (C=O) groups is 1. The summed E-state index contributed by atoms with van der Waals surface area (Å²) in [5, 5.41) is 21.0. The van der Waals surface area contributed by atoms with Crippen LogP contribution < -0.4 is 0 Å². The molecule has 2 N–H and O–H groups in total. The van der Waals surface area contributed by atoms with Crippen molar-refractivity contribution in [1.82, 2.24) is 0 Å². The Hall–Kier alpha value is -1.01. The molecule has 0 bridgehead atoms. The summed E-state index contributed by atoms with van der Waals surface area (Å²) in [5.41, 5.74) is 0. The van der Waals surface area contributed by atoms with E-state index in [1.165, 1.54) is 14.2 Å². The molecule has 244 valence electrons. The molecule has 0 aromatic carbocycles. The highest BCUT2D eigenvalue weighted by Gasteiger charge is 2.49. The molecule has 4 aliphatic rings. The highest BCUT2D eigenvalue weighted by Crippen LogP contribution is 2.34. The minimum atomic E-state index is -1.21. The topological polar surface area (TPSA) is 159 Å². The van der Waals surface area contributed by atoms with Crippen LogP contribution in [0, 0.1) is 0 Å². The molecule has 0 amide bonds. The molecule has 4 fully saturated rings. The van der Waals surface area contributed by atoms with Crippen molar-refractivity contribution >= 4 is 5.97 Å². The lowest BCUT2D eigenvalue weighted by atomic mass is 9.98. The van der Waals surface area contributed by atoms with Crippen LogP contribution in [0.3, 0.4) is 0 Å². The molecule has 0 radical (unpaired) electrons. The van der Waals surface area contributed by atoms with Crippen LogP contribution in [-0.4, -0.2) is 143 Å². The Bertz CT molecular complexity index is 862. The quantitative estimate of drug-likeness (QED) is 0.326. The largest absolute Gasteiger partial charge is 0.460 e. The summed E-state index contributed by atoms with van der Waals surface area (Å²) in [5.74, 6) is -0.325. The number of rotatable bonds is 10. The summed E-state index contributed by atoms with van der Waals surface area (Å²) in [4.78, 5) is 11.8. The number of ether oxygens (including phenoxy) is 11. The smallest absolute Gasteiger partial charge is 0.308 e. The first-order valence-electron chi connectivity index (χ1n) is 14.6. The highest BCUT2D eigenvalue weighted by molar-refractivity contribution is 5.71. The van der Waals surface area contributed by atoms with Gasteiger partial charge in [0.1, 0.15) is 42.7 Å². The van der Waals surface area contributed by atoms with E-state index in [4.69, 9.17) is 52.1 Å². The zero-order valence-electron chi connectivity index (χ0n) is 25.7. The zero-order chi connectivity index (χ0) is 30.7. The average Bonchev–Trinajstić information content (AvgIpc) is 2.95. The van der Waals surface area contributed by atoms with E-state index in [0.29, 0.717) is 12.8 Å². The van der Waals surface area contributed by atoms with Crippen LogP contribution in [0.4, 0.5) is 0 Å². The monoisotopic (exact) mass is 608 g/mol. The SMILES string of the molecule is CO[C@H]1[C@@H](O)[C@@H](C)O[C@@H](O[C@H]2[C@@H](OC)C[C@H](O[C@H]3[C@@H](OC)C[C@H](O[C@H]4[C@H](C)OC(=O)C[C@@H]4OC)O[C@@H]3C)O[C@@H]2C)[C@@H]1O. The van der Waals surface area contributed by atoms with Crippen molar-refractivity contribution < 1.29 is 67.1 Å². The second kappa shape index (κ2) is 14.8. The van der Waals surface area contributed by atoms with Gasteiger partial charge in [-0.15, -0.1) is 0 Å². The number of hydrogen-bond acceptors (Lipinski definition) is 14. The summed E-state index contributed by atoms with van der Waals surface area (Å²) in [6.45, 7) is 7.16. The molecule has 4 rings (SSSR count). The van der Waals surface area contributed by atoms with E-state index in [9.17, 15) is 15.0 Å². The normalized spacial score (nSPS) is 48.6. The molecule has 42 heavy (non-hydrogen) atoms. The number of aliphatic hydroxyl groups excluding tert-OH is 2. The molecule has 4 saturated heterocycles. The molecule has 0 aliphatic carbocycles. The molecule has 0 aromatic heterocycles. The second-order valence-electron chi connectivity index (χ2n) is 11.4. The summed E-state index contributed by atoms with van der Waals surface area (Å²) >= 11 is 0. The van der Waals surface area contributed by atoms with Crippen molar-refractivity contribution in [2.45, 2.75) is 145 Å². The molecule has 0 unspecified atom stereocenters. The lowest BCUT2D eigenvalue weighted by Crippen LogP contribution is -2.61. The van der Waals surface area contributed by atoms with E-state index in [2.05, 4.69) is 0 Å². The van der Waals surface area contributed by atoms with Crippen LogP contribution in [-0.2, 0) is 56.9 Å². The molecule has 0 saturated carbocycles. The predicted molar refractivity (Wildman–Crippen MR) is 142 cm³/mol. The third-order valence-corrected chi connectivity index (χ3v) is 8.63. The van der Waals surface area contributed by atoms with Gasteiger partial charge in [-0.2, -0.15) is 0 Å². The van der Waals surface area contributed by atoms with Crippen LogP contribution in [0.1, 0.15) is 47.0 Å². The first-order chi connectivity index (χ1) is 20.0. The average molecular weight is 609 g/mol. The van der Waals surface area contributed by atoms with Crippen molar-refractivity contribution in [2.75, 3.05) is 28.4 Å². The molecule has 4 aliphatic heterocycles. The summed E-state index contributed by atoms with van der Waals surface area (Å²) < 4.78 is 64.6. The van der Waals surface area contributed by atoms with Gasteiger partial charge in [0, 0.05) is 41.3 Å². The maximum absolute atomic E-state index is 11.8. The number of methoxy groups -OCH3 is 4. The summed E-state index contributed by atoms with van der Waals surface area (Å²) in [6.07, 6.45) is -9.41. The van der Waals surface area contributed by atoms with Gasteiger partial charge in [-0.1, -0.05) is 0 Å². The minimum Gasteiger partial charge on any atom is -0.460 e. The van der Waals surface area contributed by atoms with Gasteiger partial charge in [0.15, 0.2) is 18.9 Å². The van der Waals surface area contributed by atoms with Crippen LogP contribution >= 0.6 is 0 Å². The van der Waals surface area contributed by atoms with E-state index in [0.717, 1.165) is 0 Å². The maximum atomic E-state index is 11.8. The molecule has 14 nitrogen and oxygen atoms in total. The predicted octanol–water partition coefficient (Wildman–Crippen LogP) is 0.274. The number of carbonyl (C=O) groups excluding carboxylic acids is 1. The zero-order valence-corrected chi connectivity index (χ0v) is 25.7. The van der Waals surface area contributed by atoms with Crippen LogP contribution in [0.25, 0.3) is 0 Å². The summed E-state index contributed by atoms with van der Waals surface area (Å²) in [7, 11) is 6.13. The Kier molecular flexibility index (Phi) is 12.0. The Balaban J connectivity index is 1.35. The molecular formula is C28H48O14. The van der Waals surface area contributed by atoms with Gasteiger partial charge in [-0.05, 0) is 27.7 Å². The summed E-state index contributed by atoms with van der Waals surface area (Å²) in [6, 6.07) is 0. The number of cyclic esters (lactones) is 1. The molecule has 14 heteroatoms. The highest BCUT2D eigenvalue weighted by atomic mass is 16.8. The van der Waals surface area contributed by atoms with E-state index < -0.39 is 92.1 Å². The minimum absolute atomic E-state index is 0.107. The Morgan fingerprint density at radius 3 is 1.60 bits per heavy atom. The van der Waals surface area contributed by atoms with Crippen molar-refractivity contribution in [3.05, 3.63) is 0 Å². The van der Waals surface area contributed by atoms with E-state index in [1.807, 2.05) is 13.8 Å². The van der Waals surface area contributed by atoms with Crippen molar-refractivity contribution in [2.24, 2.45) is 0 Å². The maximum Gasteiger partial charge on any atom is 0.308 e. The lowest BCUT2D eigenvalue weighted by Gasteiger charge is -2.47. The second-order valence-corrected chi connectivity index (χ2v) is 11.4. The number of esters is 1. The van der Waals surface area contributed by atoms with E-state index in [-0.39, 0.29) is 18.5 Å². The van der Waals surface area contributed by atoms with Gasteiger partial charge in [0.05, 0.1) is 43.0 Å². The fourth-order valence-corrected chi connectivity index (χ4v) is 6.24. The van der Waals surface area contributed by atoms with Gasteiger partial charge in [0.25, 0.3) is 0 Å². The van der Waals surface area contributed by atoms with Gasteiger partial charge in [-0.25, -0.2) is 0 Å². The molecule has 4 heterocycles. The lowest BCUT2D eigenvalue weighted by molar-refractivity contribution is -0.353. The van der Waals surface area contributed by atoms with Crippen molar-refractivity contribution in [1.29, 1.82) is 0 Å². The molecule has 16 atom stereocenters. The Morgan fingerprint density at radius 1 is 0.595 bits per heavy atom. The van der Waals surface area contributed by atoms with Gasteiger partial charge in [0.2, 0.25) is 0 Å². The van der Waals surface area contributed by atoms with E-state index >= 15 is 0 Å². The first kappa shape index (κ1) is 33.9. The Morgan fingerprint density at radius 2 is 1.10 bits per heavy atom. The third-order valence-electron chi connectivity index (χ3n) is 8.63. The van der Waals surface area contributed by atoms with Gasteiger partial charge in [-0.3, -0.25) is 4.79 Å². The van der Waals surface area contributed by atoms with Crippen LogP contribution in [0.15, 0.2) is 0 Å². The van der Waals surface area contributed by atoms with Gasteiger partial charge >= 0.3 is 5.97 Å². The fraction of sp³-hybridized carbons (Fsp3) is 0.964. The van der Waals surface area contributed by atoms with Crippen LogP contribution in [0.5, 0.6) is 0 Å². The van der Waals surface area contributed by atoms with Crippen molar-refractivity contribution in [3.63, 3.8) is 0 Å².